The Hall–Kier alpha value is -6.66. The lowest BCUT2D eigenvalue weighted by Gasteiger charge is -2.34. The molecule has 0 aliphatic heterocycles. The molecule has 0 aromatic heterocycles. The lowest BCUT2D eigenvalue weighted by atomic mass is 9.69. The third-order valence-corrected chi connectivity index (χ3v) is 21.0. The van der Waals surface area contributed by atoms with E-state index in [1.165, 1.54) is 247 Å². The van der Waals surface area contributed by atoms with Crippen molar-refractivity contribution in [2.45, 2.75) is 284 Å². The molecule has 2 aliphatic rings. The van der Waals surface area contributed by atoms with Gasteiger partial charge in [-0.2, -0.15) is 0 Å². The Kier molecular flexibility index (Phi) is 31.5. The second-order valence-corrected chi connectivity index (χ2v) is 28.7. The van der Waals surface area contributed by atoms with Gasteiger partial charge >= 0.3 is 11.9 Å². The fourth-order valence-corrected chi connectivity index (χ4v) is 15.4. The SMILES string of the molecule is C=C(C)C(=O)OCCCCCCOc1ccc(-c2ccc3c(c2)C(CCCCCCCC)(CCCCCCCC)c2cc(-c4ccc5c(c4)C(CCCCCCCC)(CCCCCCCC)c4cc(-c6ccc(OCCCCCCOC(=O)C(=C)C)cc6)ccc4-5)ccc2-3)cc1. The molecule has 6 aromatic rings. The van der Waals surface area contributed by atoms with Crippen molar-refractivity contribution in [1.29, 1.82) is 0 Å². The Labute approximate surface area is 582 Å². The van der Waals surface area contributed by atoms with Gasteiger partial charge in [0.05, 0.1) is 26.4 Å². The number of hydrogen-bond acceptors (Lipinski definition) is 6. The summed E-state index contributed by atoms with van der Waals surface area (Å²) < 4.78 is 23.2. The van der Waals surface area contributed by atoms with Crippen LogP contribution in [-0.2, 0) is 29.9 Å². The lowest BCUT2D eigenvalue weighted by molar-refractivity contribution is -0.139. The molecular weight excluding hydrogens is 1180 g/mol. The molecule has 0 spiro atoms. The van der Waals surface area contributed by atoms with Crippen molar-refractivity contribution in [3.8, 4) is 67.1 Å². The zero-order valence-electron chi connectivity index (χ0n) is 60.7. The molecule has 0 fully saturated rings. The van der Waals surface area contributed by atoms with Crippen molar-refractivity contribution >= 4 is 11.9 Å². The standard InChI is InChI=1S/C90H122O6/c1-9-13-17-21-25-33-57-89(58-34-26-22-18-14-10-2)83-65-73(71-41-49-77(50-42-71)93-61-37-29-31-39-63-95-87(91)69(5)6)45-53-79(83)81-55-47-75(67-85(81)89)76-48-56-82-80-54-46-74(72-43-51-78(52-44-72)94-62-38-30-32-40-64-96-88(92)70(7)8)66-84(80)90(86(82)68-76,59-35-27-23-19-15-11-3)60-36-28-24-20-16-12-4/h41-56,65-68H,5,7,9-40,57-64H2,1-4,6,8H3. The zero-order valence-corrected chi connectivity index (χ0v) is 60.7. The summed E-state index contributed by atoms with van der Waals surface area (Å²) >= 11 is 0. The molecule has 518 valence electrons. The lowest BCUT2D eigenvalue weighted by Crippen LogP contribution is -2.26. The van der Waals surface area contributed by atoms with Crippen molar-refractivity contribution < 1.29 is 28.5 Å². The first-order chi connectivity index (χ1) is 47.0. The van der Waals surface area contributed by atoms with Crippen LogP contribution in [0, 0.1) is 0 Å². The average molecular weight is 1300 g/mol. The smallest absolute Gasteiger partial charge is 0.333 e. The van der Waals surface area contributed by atoms with Crippen molar-refractivity contribution in [1.82, 2.24) is 0 Å². The van der Waals surface area contributed by atoms with Crippen LogP contribution in [-0.4, -0.2) is 38.4 Å². The summed E-state index contributed by atoms with van der Waals surface area (Å²) in [5, 5.41) is 0. The van der Waals surface area contributed by atoms with E-state index >= 15 is 0 Å². The van der Waals surface area contributed by atoms with Crippen LogP contribution < -0.4 is 9.47 Å². The number of benzene rings is 6. The number of rotatable bonds is 49. The third-order valence-electron chi connectivity index (χ3n) is 21.0. The van der Waals surface area contributed by atoms with Gasteiger partial charge in [0, 0.05) is 22.0 Å². The van der Waals surface area contributed by atoms with Crippen molar-refractivity contribution in [3.05, 3.63) is 168 Å². The fourth-order valence-electron chi connectivity index (χ4n) is 15.4. The number of carbonyl (C=O) groups is 2. The van der Waals surface area contributed by atoms with E-state index < -0.39 is 0 Å². The Morgan fingerprint density at radius 2 is 0.521 bits per heavy atom. The van der Waals surface area contributed by atoms with Gasteiger partial charge in [-0.1, -0.05) is 268 Å². The first kappa shape index (κ1) is 75.1. The van der Waals surface area contributed by atoms with Gasteiger partial charge in [0.15, 0.2) is 0 Å². The molecule has 0 radical (unpaired) electrons. The van der Waals surface area contributed by atoms with Crippen LogP contribution in [0.2, 0.25) is 0 Å². The normalized spacial score (nSPS) is 13.0. The minimum Gasteiger partial charge on any atom is -0.494 e. The van der Waals surface area contributed by atoms with Gasteiger partial charge in [0.1, 0.15) is 11.5 Å². The topological polar surface area (TPSA) is 71.1 Å². The molecule has 0 heterocycles. The average Bonchev–Trinajstić information content (AvgIpc) is 1.56. The van der Waals surface area contributed by atoms with Crippen LogP contribution in [0.15, 0.2) is 146 Å². The monoisotopic (exact) mass is 1300 g/mol. The van der Waals surface area contributed by atoms with Crippen LogP contribution >= 0.6 is 0 Å². The van der Waals surface area contributed by atoms with Crippen LogP contribution in [0.5, 0.6) is 11.5 Å². The highest BCUT2D eigenvalue weighted by atomic mass is 16.5. The van der Waals surface area contributed by atoms with Crippen molar-refractivity contribution in [2.24, 2.45) is 0 Å². The Morgan fingerprint density at radius 3 is 0.792 bits per heavy atom. The highest BCUT2D eigenvalue weighted by Crippen LogP contribution is 2.58. The summed E-state index contributed by atoms with van der Waals surface area (Å²) in [6.07, 6.45) is 43.3. The first-order valence-corrected chi connectivity index (χ1v) is 38.7. The Balaban J connectivity index is 1.11. The molecule has 0 saturated carbocycles. The predicted molar refractivity (Wildman–Crippen MR) is 407 cm³/mol. The van der Waals surface area contributed by atoms with Crippen LogP contribution in [0.25, 0.3) is 55.6 Å². The summed E-state index contributed by atoms with van der Waals surface area (Å²) in [6, 6.07) is 48.0. The zero-order chi connectivity index (χ0) is 67.8. The number of hydrogen-bond donors (Lipinski definition) is 0. The molecule has 6 heteroatoms. The van der Waals surface area contributed by atoms with Crippen LogP contribution in [0.1, 0.15) is 295 Å². The van der Waals surface area contributed by atoms with Gasteiger partial charge in [0.25, 0.3) is 0 Å². The molecule has 0 atom stereocenters. The number of esters is 2. The van der Waals surface area contributed by atoms with E-state index in [-0.39, 0.29) is 22.8 Å². The Morgan fingerprint density at radius 1 is 0.292 bits per heavy atom. The molecule has 0 bridgehead atoms. The van der Waals surface area contributed by atoms with E-state index in [1.54, 1.807) is 25.0 Å². The van der Waals surface area contributed by atoms with Crippen molar-refractivity contribution in [3.63, 3.8) is 0 Å². The summed E-state index contributed by atoms with van der Waals surface area (Å²) in [6.45, 7) is 22.3. The third kappa shape index (κ3) is 21.2. The highest BCUT2D eigenvalue weighted by molar-refractivity contribution is 5.90. The van der Waals surface area contributed by atoms with E-state index in [9.17, 15) is 9.59 Å². The summed E-state index contributed by atoms with van der Waals surface area (Å²) in [4.78, 5) is 23.5. The molecule has 0 N–H and O–H groups in total. The molecule has 8 rings (SSSR count). The Bertz CT molecular complexity index is 3090. The minimum atomic E-state index is -0.306. The van der Waals surface area contributed by atoms with Crippen molar-refractivity contribution in [2.75, 3.05) is 26.4 Å². The molecule has 96 heavy (non-hydrogen) atoms. The quantitative estimate of drug-likeness (QED) is 0.0215. The maximum absolute atomic E-state index is 11.8. The molecule has 6 aromatic carbocycles. The maximum Gasteiger partial charge on any atom is 0.333 e. The van der Waals surface area contributed by atoms with Gasteiger partial charge in [-0.3, -0.25) is 0 Å². The number of carbonyl (C=O) groups excluding carboxylic acids is 2. The molecule has 0 saturated heterocycles. The number of unbranched alkanes of at least 4 members (excludes halogenated alkanes) is 26. The van der Waals surface area contributed by atoms with Gasteiger partial charge in [-0.25, -0.2) is 9.59 Å². The van der Waals surface area contributed by atoms with Crippen LogP contribution in [0.4, 0.5) is 0 Å². The summed E-state index contributed by atoms with van der Waals surface area (Å²) in [7, 11) is 0. The van der Waals surface area contributed by atoms with E-state index in [0.717, 1.165) is 62.9 Å². The summed E-state index contributed by atoms with van der Waals surface area (Å²) in [5.41, 5.74) is 20.4. The van der Waals surface area contributed by atoms with E-state index in [1.807, 2.05) is 0 Å². The number of fused-ring (bicyclic) bond motifs is 6. The second-order valence-electron chi connectivity index (χ2n) is 28.7. The molecule has 2 aliphatic carbocycles. The van der Waals surface area contributed by atoms with Gasteiger partial charge in [0.2, 0.25) is 0 Å². The van der Waals surface area contributed by atoms with Gasteiger partial charge < -0.3 is 18.9 Å². The largest absolute Gasteiger partial charge is 0.494 e. The predicted octanol–water partition coefficient (Wildman–Crippen LogP) is 26.3. The first-order valence-electron chi connectivity index (χ1n) is 38.7. The van der Waals surface area contributed by atoms with E-state index in [4.69, 9.17) is 18.9 Å². The maximum atomic E-state index is 11.8. The molecular formula is C90H122O6. The molecule has 0 unspecified atom stereocenters. The van der Waals surface area contributed by atoms with Crippen LogP contribution in [0.3, 0.4) is 0 Å². The molecule has 0 amide bonds. The summed E-state index contributed by atoms with van der Waals surface area (Å²) in [5.74, 6) is 1.20. The minimum absolute atomic E-state index is 0.0838. The number of ether oxygens (including phenoxy) is 4. The molecule has 6 nitrogen and oxygen atoms in total. The van der Waals surface area contributed by atoms with Gasteiger partial charge in [-0.05, 0) is 217 Å². The fraction of sp³-hybridized carbons (Fsp3) is 0.533. The van der Waals surface area contributed by atoms with E-state index in [0.29, 0.717) is 37.6 Å². The second kappa shape index (κ2) is 40.3. The van der Waals surface area contributed by atoms with Gasteiger partial charge in [-0.15, -0.1) is 0 Å². The van der Waals surface area contributed by atoms with E-state index in [2.05, 4.69) is 162 Å². The highest BCUT2D eigenvalue weighted by Gasteiger charge is 2.45.